The predicted octanol–water partition coefficient (Wildman–Crippen LogP) is 2.98. The molecule has 0 saturated carbocycles. The predicted molar refractivity (Wildman–Crippen MR) is 74.4 cm³/mol. The fourth-order valence-corrected chi connectivity index (χ4v) is 1.96. The first-order chi connectivity index (χ1) is 9.06. The van der Waals surface area contributed by atoms with Gasteiger partial charge in [0.2, 0.25) is 11.7 Å². The highest BCUT2D eigenvalue weighted by atomic mass is 35.5. The molecule has 0 unspecified atom stereocenters. The van der Waals surface area contributed by atoms with Crippen LogP contribution >= 0.6 is 23.2 Å². The van der Waals surface area contributed by atoms with E-state index in [1.807, 2.05) is 0 Å². The van der Waals surface area contributed by atoms with E-state index in [0.29, 0.717) is 39.9 Å². The Morgan fingerprint density at radius 3 is 2.84 bits per heavy atom. The molecule has 2 rings (SSSR count). The van der Waals surface area contributed by atoms with E-state index in [0.717, 1.165) is 6.54 Å². The summed E-state index contributed by atoms with van der Waals surface area (Å²) >= 11 is 11.8. The summed E-state index contributed by atoms with van der Waals surface area (Å²) in [5, 5.41) is 8.02. The summed E-state index contributed by atoms with van der Waals surface area (Å²) < 4.78 is 5.15. The smallest absolute Gasteiger partial charge is 0.228 e. The van der Waals surface area contributed by atoms with Gasteiger partial charge in [0.25, 0.3) is 0 Å². The molecule has 0 fully saturated rings. The maximum absolute atomic E-state index is 6.04. The molecule has 2 aromatic rings. The quantitative estimate of drug-likeness (QED) is 0.919. The third-order valence-electron chi connectivity index (χ3n) is 2.38. The van der Waals surface area contributed by atoms with Crippen LogP contribution < -0.4 is 5.32 Å². The lowest BCUT2D eigenvalue weighted by Gasteiger charge is -2.04. The van der Waals surface area contributed by atoms with Crippen molar-refractivity contribution in [2.24, 2.45) is 0 Å². The molecular weight excluding hydrogens is 287 g/mol. The molecule has 0 bridgehead atoms. The minimum atomic E-state index is 0.376. The zero-order chi connectivity index (χ0) is 13.8. The lowest BCUT2D eigenvalue weighted by atomic mass is 10.3. The summed E-state index contributed by atoms with van der Waals surface area (Å²) in [5.41, 5.74) is 0.470. The largest absolute Gasteiger partial charge is 0.339 e. The third-order valence-corrected chi connectivity index (χ3v) is 2.87. The maximum Gasteiger partial charge on any atom is 0.228 e. The molecule has 1 N–H and O–H groups in total. The van der Waals surface area contributed by atoms with Gasteiger partial charge in [0.1, 0.15) is 5.69 Å². The second-order valence-corrected chi connectivity index (χ2v) is 5.20. The van der Waals surface area contributed by atoms with E-state index in [2.05, 4.69) is 34.3 Å². The van der Waals surface area contributed by atoms with E-state index in [-0.39, 0.29) is 0 Å². The molecule has 0 atom stereocenters. The highest BCUT2D eigenvalue weighted by Gasteiger charge is 2.13. The molecule has 19 heavy (non-hydrogen) atoms. The van der Waals surface area contributed by atoms with E-state index in [1.54, 1.807) is 6.07 Å². The van der Waals surface area contributed by atoms with Crippen molar-refractivity contribution in [1.82, 2.24) is 20.4 Å². The second-order valence-electron chi connectivity index (χ2n) is 4.35. The van der Waals surface area contributed by atoms with Gasteiger partial charge in [0.05, 0.1) is 10.0 Å². The van der Waals surface area contributed by atoms with Crippen molar-refractivity contribution in [3.05, 3.63) is 28.2 Å². The lowest BCUT2D eigenvalue weighted by molar-refractivity contribution is 0.374. The standard InChI is InChI=1S/C12H14Cl2N4O/c1-7(2)15-4-3-10-17-12(18-19-10)11-9(14)5-8(13)6-16-11/h5-7,15H,3-4H2,1-2H3. The minimum Gasteiger partial charge on any atom is -0.339 e. The average molecular weight is 301 g/mol. The first-order valence-corrected chi connectivity index (χ1v) is 6.69. The van der Waals surface area contributed by atoms with Gasteiger partial charge in [-0.05, 0) is 6.07 Å². The lowest BCUT2D eigenvalue weighted by Crippen LogP contribution is -2.25. The second kappa shape index (κ2) is 6.32. The number of pyridine rings is 1. The van der Waals surface area contributed by atoms with E-state index in [4.69, 9.17) is 27.7 Å². The van der Waals surface area contributed by atoms with Crippen LogP contribution in [0.2, 0.25) is 10.0 Å². The van der Waals surface area contributed by atoms with Gasteiger partial charge in [-0.1, -0.05) is 42.2 Å². The van der Waals surface area contributed by atoms with Gasteiger partial charge in [-0.25, -0.2) is 4.98 Å². The van der Waals surface area contributed by atoms with Crippen LogP contribution in [0.5, 0.6) is 0 Å². The number of nitrogens with zero attached hydrogens (tertiary/aromatic N) is 3. The summed E-state index contributed by atoms with van der Waals surface area (Å²) in [6, 6.07) is 2.02. The van der Waals surface area contributed by atoms with Gasteiger partial charge >= 0.3 is 0 Å². The Morgan fingerprint density at radius 1 is 1.37 bits per heavy atom. The molecule has 2 heterocycles. The third kappa shape index (κ3) is 3.89. The van der Waals surface area contributed by atoms with Crippen LogP contribution in [0.1, 0.15) is 19.7 Å². The Hall–Kier alpha value is -1.17. The molecule has 0 saturated heterocycles. The monoisotopic (exact) mass is 300 g/mol. The molecule has 102 valence electrons. The summed E-state index contributed by atoms with van der Waals surface area (Å²) in [6.07, 6.45) is 2.16. The molecule has 0 amide bonds. The minimum absolute atomic E-state index is 0.376. The molecule has 0 aliphatic heterocycles. The first kappa shape index (κ1) is 14.2. The van der Waals surface area contributed by atoms with Crippen LogP contribution in [-0.4, -0.2) is 27.7 Å². The van der Waals surface area contributed by atoms with Crippen molar-refractivity contribution < 1.29 is 4.52 Å². The van der Waals surface area contributed by atoms with E-state index >= 15 is 0 Å². The number of hydrogen-bond donors (Lipinski definition) is 1. The van der Waals surface area contributed by atoms with Crippen molar-refractivity contribution in [1.29, 1.82) is 0 Å². The first-order valence-electron chi connectivity index (χ1n) is 5.93. The molecule has 0 aliphatic carbocycles. The van der Waals surface area contributed by atoms with E-state index in [1.165, 1.54) is 6.20 Å². The highest BCUT2D eigenvalue weighted by molar-refractivity contribution is 6.35. The van der Waals surface area contributed by atoms with Gasteiger partial charge in [-0.3, -0.25) is 0 Å². The number of nitrogens with one attached hydrogen (secondary N) is 1. The van der Waals surface area contributed by atoms with Crippen LogP contribution in [0, 0.1) is 0 Å². The number of halogens is 2. The van der Waals surface area contributed by atoms with Gasteiger partial charge in [0, 0.05) is 25.2 Å². The zero-order valence-electron chi connectivity index (χ0n) is 10.7. The van der Waals surface area contributed by atoms with E-state index < -0.39 is 0 Å². The van der Waals surface area contributed by atoms with Crippen LogP contribution in [0.3, 0.4) is 0 Å². The van der Waals surface area contributed by atoms with Crippen LogP contribution in [0.25, 0.3) is 11.5 Å². The highest BCUT2D eigenvalue weighted by Crippen LogP contribution is 2.25. The molecule has 0 spiro atoms. The van der Waals surface area contributed by atoms with Crippen molar-refractivity contribution in [3.8, 4) is 11.5 Å². The Morgan fingerprint density at radius 2 is 2.16 bits per heavy atom. The van der Waals surface area contributed by atoms with Gasteiger partial charge in [-0.2, -0.15) is 4.98 Å². The van der Waals surface area contributed by atoms with Crippen LogP contribution in [0.15, 0.2) is 16.8 Å². The Balaban J connectivity index is 2.08. The summed E-state index contributed by atoms with van der Waals surface area (Å²) in [5.74, 6) is 0.928. The summed E-state index contributed by atoms with van der Waals surface area (Å²) in [7, 11) is 0. The van der Waals surface area contributed by atoms with Crippen LogP contribution in [0.4, 0.5) is 0 Å². The fourth-order valence-electron chi connectivity index (χ4n) is 1.50. The molecule has 0 radical (unpaired) electrons. The maximum atomic E-state index is 6.04. The summed E-state index contributed by atoms with van der Waals surface area (Å²) in [4.78, 5) is 8.37. The molecule has 5 nitrogen and oxygen atoms in total. The average Bonchev–Trinajstić information content (AvgIpc) is 2.77. The number of rotatable bonds is 5. The van der Waals surface area contributed by atoms with Gasteiger partial charge < -0.3 is 9.84 Å². The molecule has 0 aromatic carbocycles. The van der Waals surface area contributed by atoms with Gasteiger partial charge in [0.15, 0.2) is 0 Å². The molecule has 0 aliphatic rings. The van der Waals surface area contributed by atoms with Crippen molar-refractivity contribution in [3.63, 3.8) is 0 Å². The molecule has 7 heteroatoms. The number of hydrogen-bond acceptors (Lipinski definition) is 5. The fraction of sp³-hybridized carbons (Fsp3) is 0.417. The van der Waals surface area contributed by atoms with E-state index in [9.17, 15) is 0 Å². The normalized spacial score (nSPS) is 11.2. The van der Waals surface area contributed by atoms with Crippen molar-refractivity contribution >= 4 is 23.2 Å². The van der Waals surface area contributed by atoms with Gasteiger partial charge in [-0.15, -0.1) is 0 Å². The Kier molecular flexibility index (Phi) is 4.74. The van der Waals surface area contributed by atoms with Crippen molar-refractivity contribution in [2.45, 2.75) is 26.3 Å². The molecular formula is C12H14Cl2N4O. The number of aromatic nitrogens is 3. The topological polar surface area (TPSA) is 63.8 Å². The van der Waals surface area contributed by atoms with Crippen LogP contribution in [-0.2, 0) is 6.42 Å². The Bertz CT molecular complexity index is 556. The zero-order valence-corrected chi connectivity index (χ0v) is 12.2. The molecule has 2 aromatic heterocycles. The van der Waals surface area contributed by atoms with Crippen molar-refractivity contribution in [2.75, 3.05) is 6.54 Å². The Labute approximate surface area is 121 Å². The summed E-state index contributed by atoms with van der Waals surface area (Å²) in [6.45, 7) is 4.94. The SMILES string of the molecule is CC(C)NCCc1nc(-c2ncc(Cl)cc2Cl)no1.